The molecular weight excluding hydrogens is 609 g/mol. The summed E-state index contributed by atoms with van der Waals surface area (Å²) < 4.78 is 0. The second-order valence-electron chi connectivity index (χ2n) is 9.83. The van der Waals surface area contributed by atoms with Gasteiger partial charge in [0.2, 0.25) is 5.91 Å². The number of carbonyl (C=O) groups excluding carboxylic acids is 3. The summed E-state index contributed by atoms with van der Waals surface area (Å²) in [5, 5.41) is 8.71. The summed E-state index contributed by atoms with van der Waals surface area (Å²) in [6.07, 6.45) is 3.64. The van der Waals surface area contributed by atoms with E-state index in [9.17, 15) is 14.4 Å². The molecule has 0 aliphatic heterocycles. The average Bonchev–Trinajstić information content (AvgIpc) is 3.04. The van der Waals surface area contributed by atoms with Crippen LogP contribution in [0.5, 0.6) is 0 Å². The molecule has 234 valence electrons. The Morgan fingerprint density at radius 1 is 0.733 bits per heavy atom. The highest BCUT2D eigenvalue weighted by Crippen LogP contribution is 2.35. The van der Waals surface area contributed by atoms with Crippen LogP contribution < -0.4 is 38.9 Å². The van der Waals surface area contributed by atoms with Gasteiger partial charge in [-0.3, -0.25) is 19.4 Å². The molecule has 0 radical (unpaired) electrons. The van der Waals surface area contributed by atoms with Crippen molar-refractivity contribution >= 4 is 64.0 Å². The van der Waals surface area contributed by atoms with Crippen LogP contribution in [-0.4, -0.2) is 53.3 Å². The molecular formula is C32H36N8O3S2. The molecule has 0 saturated heterocycles. The van der Waals surface area contributed by atoms with Crippen LogP contribution in [-0.2, 0) is 11.2 Å². The zero-order valence-electron chi connectivity index (χ0n) is 24.5. The molecule has 13 heteroatoms. The van der Waals surface area contributed by atoms with Gasteiger partial charge in [0.25, 0.3) is 11.8 Å². The standard InChI is InChI=1S/C32H36N8O3S2/c33-12-15-44-28-23(35)8-2-9-25(28)38-30(41)21-6-1-7-22(18-21)31(42)39-26-10-3-11-27(29(26)45-16-13-34)40-32(43)24(36)17-20-5-4-14-37-19-20/h1-11,14,18-19,24H,12-13,15-17,33-36H2,(H,38,41)(H,39,42)(H,40,43)/t24-/m1/s1. The molecule has 1 heterocycles. The molecule has 4 rings (SSSR count). The summed E-state index contributed by atoms with van der Waals surface area (Å²) in [7, 11) is 0. The van der Waals surface area contributed by atoms with Crippen LogP contribution in [0.1, 0.15) is 26.3 Å². The fourth-order valence-corrected chi connectivity index (χ4v) is 6.01. The van der Waals surface area contributed by atoms with Crippen molar-refractivity contribution in [1.29, 1.82) is 0 Å². The van der Waals surface area contributed by atoms with E-state index in [-0.39, 0.29) is 11.5 Å². The highest BCUT2D eigenvalue weighted by Gasteiger charge is 2.20. The molecule has 1 atom stereocenters. The molecule has 11 N–H and O–H groups in total. The number of benzene rings is 3. The number of nitrogens with two attached hydrogens (primary N) is 4. The van der Waals surface area contributed by atoms with Gasteiger partial charge in [-0.05, 0) is 60.5 Å². The Hall–Kier alpha value is -4.40. The maximum atomic E-state index is 13.4. The summed E-state index contributed by atoms with van der Waals surface area (Å²) >= 11 is 2.86. The molecule has 11 nitrogen and oxygen atoms in total. The van der Waals surface area contributed by atoms with Crippen molar-refractivity contribution in [3.05, 3.63) is 102 Å². The van der Waals surface area contributed by atoms with Gasteiger partial charge in [-0.25, -0.2) is 0 Å². The van der Waals surface area contributed by atoms with E-state index in [4.69, 9.17) is 22.9 Å². The minimum absolute atomic E-state index is 0.274. The van der Waals surface area contributed by atoms with Crippen LogP contribution in [0.15, 0.2) is 95.0 Å². The quantitative estimate of drug-likeness (QED) is 0.0781. The lowest BCUT2D eigenvalue weighted by Gasteiger charge is -2.18. The van der Waals surface area contributed by atoms with Crippen LogP contribution in [0.3, 0.4) is 0 Å². The molecule has 3 amide bonds. The zero-order chi connectivity index (χ0) is 32.2. The Bertz CT molecular complexity index is 1640. The maximum absolute atomic E-state index is 13.4. The van der Waals surface area contributed by atoms with Crippen LogP contribution in [0, 0.1) is 0 Å². The van der Waals surface area contributed by atoms with E-state index in [0.29, 0.717) is 64.2 Å². The van der Waals surface area contributed by atoms with E-state index < -0.39 is 17.9 Å². The van der Waals surface area contributed by atoms with E-state index >= 15 is 0 Å². The van der Waals surface area contributed by atoms with Crippen molar-refractivity contribution in [1.82, 2.24) is 4.98 Å². The normalized spacial score (nSPS) is 11.4. The van der Waals surface area contributed by atoms with Crippen LogP contribution in [0.4, 0.5) is 22.7 Å². The summed E-state index contributed by atoms with van der Waals surface area (Å²) in [5.41, 5.74) is 27.2. The topological polar surface area (TPSA) is 204 Å². The van der Waals surface area contributed by atoms with Gasteiger partial charge >= 0.3 is 0 Å². The lowest BCUT2D eigenvalue weighted by Crippen LogP contribution is -2.37. The van der Waals surface area contributed by atoms with E-state index in [1.54, 1.807) is 73.1 Å². The Labute approximate surface area is 270 Å². The predicted octanol–water partition coefficient (Wildman–Crippen LogP) is 3.78. The molecule has 0 unspecified atom stereocenters. The Morgan fingerprint density at radius 2 is 1.29 bits per heavy atom. The SMILES string of the molecule is NCCSc1c(N)cccc1NC(=O)c1cccc(C(=O)Nc2cccc(NC(=O)[C@H](N)Cc3cccnc3)c2SCCN)c1. The number of carbonyl (C=O) groups is 3. The van der Waals surface area contributed by atoms with Gasteiger partial charge in [0.05, 0.1) is 32.9 Å². The van der Waals surface area contributed by atoms with Crippen molar-refractivity contribution in [2.24, 2.45) is 17.2 Å². The van der Waals surface area contributed by atoms with Gasteiger partial charge in [0.1, 0.15) is 0 Å². The number of nitrogen functional groups attached to an aromatic ring is 1. The van der Waals surface area contributed by atoms with Gasteiger partial charge in [-0.1, -0.05) is 24.3 Å². The zero-order valence-corrected chi connectivity index (χ0v) is 26.1. The van der Waals surface area contributed by atoms with Crippen LogP contribution in [0.2, 0.25) is 0 Å². The molecule has 0 aliphatic carbocycles. The Balaban J connectivity index is 1.50. The first-order chi connectivity index (χ1) is 21.8. The molecule has 0 fully saturated rings. The molecule has 4 aromatic rings. The lowest BCUT2D eigenvalue weighted by atomic mass is 10.1. The third-order valence-corrected chi connectivity index (χ3v) is 8.80. The number of pyridine rings is 1. The predicted molar refractivity (Wildman–Crippen MR) is 184 cm³/mol. The minimum Gasteiger partial charge on any atom is -0.398 e. The molecule has 1 aromatic heterocycles. The molecule has 45 heavy (non-hydrogen) atoms. The van der Waals surface area contributed by atoms with Gasteiger partial charge in [-0.15, -0.1) is 23.5 Å². The number of amides is 3. The van der Waals surface area contributed by atoms with E-state index in [0.717, 1.165) is 10.5 Å². The van der Waals surface area contributed by atoms with Gasteiger partial charge in [-0.2, -0.15) is 0 Å². The first kappa shape index (κ1) is 33.5. The Morgan fingerprint density at radius 3 is 1.89 bits per heavy atom. The number of hydrogen-bond acceptors (Lipinski definition) is 10. The van der Waals surface area contributed by atoms with Crippen molar-refractivity contribution in [2.75, 3.05) is 46.3 Å². The minimum atomic E-state index is -0.809. The summed E-state index contributed by atoms with van der Waals surface area (Å²) in [6, 6.07) is 19.7. The second kappa shape index (κ2) is 16.6. The van der Waals surface area contributed by atoms with Crippen molar-refractivity contribution in [3.63, 3.8) is 0 Å². The number of thioether (sulfide) groups is 2. The fourth-order valence-electron chi connectivity index (χ4n) is 4.31. The Kier molecular flexibility index (Phi) is 12.4. The maximum Gasteiger partial charge on any atom is 0.255 e. The fraction of sp³-hybridized carbons (Fsp3) is 0.188. The summed E-state index contributed by atoms with van der Waals surface area (Å²) in [5.74, 6) is -0.0136. The third kappa shape index (κ3) is 9.30. The number of nitrogens with zero attached hydrogens (tertiary/aromatic N) is 1. The number of rotatable bonds is 14. The highest BCUT2D eigenvalue weighted by atomic mass is 32.2. The second-order valence-corrected chi connectivity index (χ2v) is 12.0. The largest absolute Gasteiger partial charge is 0.398 e. The number of anilines is 4. The van der Waals surface area contributed by atoms with Crippen molar-refractivity contribution in [2.45, 2.75) is 22.3 Å². The monoisotopic (exact) mass is 644 g/mol. The van der Waals surface area contributed by atoms with Gasteiger partial charge in [0.15, 0.2) is 0 Å². The van der Waals surface area contributed by atoms with E-state index in [1.807, 2.05) is 6.07 Å². The molecule has 0 spiro atoms. The van der Waals surface area contributed by atoms with Crippen molar-refractivity contribution < 1.29 is 14.4 Å². The van der Waals surface area contributed by atoms with Crippen LogP contribution in [0.25, 0.3) is 0 Å². The summed E-state index contributed by atoms with van der Waals surface area (Å²) in [4.78, 5) is 45.0. The smallest absolute Gasteiger partial charge is 0.255 e. The number of nitrogens with one attached hydrogen (secondary N) is 3. The van der Waals surface area contributed by atoms with E-state index in [2.05, 4.69) is 20.9 Å². The first-order valence-corrected chi connectivity index (χ1v) is 16.1. The molecule has 0 aliphatic rings. The molecule has 0 saturated carbocycles. The molecule has 0 bridgehead atoms. The highest BCUT2D eigenvalue weighted by molar-refractivity contribution is 7.99. The third-order valence-electron chi connectivity index (χ3n) is 6.45. The molecule has 3 aromatic carbocycles. The number of hydrogen-bond donors (Lipinski definition) is 7. The first-order valence-electron chi connectivity index (χ1n) is 14.2. The van der Waals surface area contributed by atoms with Gasteiger partial charge in [0, 0.05) is 53.8 Å². The van der Waals surface area contributed by atoms with Crippen LogP contribution >= 0.6 is 23.5 Å². The van der Waals surface area contributed by atoms with Crippen molar-refractivity contribution in [3.8, 4) is 0 Å². The van der Waals surface area contributed by atoms with E-state index in [1.165, 1.54) is 29.6 Å². The average molecular weight is 645 g/mol. The van der Waals surface area contributed by atoms with Gasteiger partial charge < -0.3 is 38.9 Å². The number of aromatic nitrogens is 1. The summed E-state index contributed by atoms with van der Waals surface area (Å²) in [6.45, 7) is 0.850. The lowest BCUT2D eigenvalue weighted by molar-refractivity contribution is -0.117.